The van der Waals surface area contributed by atoms with Gasteiger partial charge >= 0.3 is 5.97 Å². The number of hydrogen-bond donors (Lipinski definition) is 0. The number of benzene rings is 1. The minimum Gasteiger partial charge on any atom is -0.463 e. The Hall–Kier alpha value is -2.77. The van der Waals surface area contributed by atoms with Crippen LogP contribution in [0.15, 0.2) is 30.6 Å². The molecule has 0 saturated heterocycles. The number of hydrogen-bond acceptors (Lipinski definition) is 6. The van der Waals surface area contributed by atoms with E-state index >= 15 is 0 Å². The summed E-state index contributed by atoms with van der Waals surface area (Å²) in [4.78, 5) is 25.3. The third-order valence-corrected chi connectivity index (χ3v) is 2.43. The van der Waals surface area contributed by atoms with Gasteiger partial charge in [0.15, 0.2) is 0 Å². The Kier molecular flexibility index (Phi) is 3.51. The molecule has 0 N–H and O–H groups in total. The molecule has 2 rings (SSSR count). The Balaban J connectivity index is 2.24. The van der Waals surface area contributed by atoms with Crippen molar-refractivity contribution < 1.29 is 14.5 Å². The van der Waals surface area contributed by atoms with Gasteiger partial charge in [-0.25, -0.2) is 14.5 Å². The SMILES string of the molecule is COC(=O)c1ncn(Cc2ccccc2[N+](=O)[O-])n1. The van der Waals surface area contributed by atoms with Crippen molar-refractivity contribution in [1.29, 1.82) is 0 Å². The predicted molar refractivity (Wildman–Crippen MR) is 63.6 cm³/mol. The van der Waals surface area contributed by atoms with Gasteiger partial charge in [-0.3, -0.25) is 10.1 Å². The Morgan fingerprint density at radius 3 is 2.89 bits per heavy atom. The van der Waals surface area contributed by atoms with Crippen molar-refractivity contribution in [3.8, 4) is 0 Å². The Morgan fingerprint density at radius 2 is 2.21 bits per heavy atom. The fraction of sp³-hybridized carbons (Fsp3) is 0.182. The fourth-order valence-corrected chi connectivity index (χ4v) is 1.55. The van der Waals surface area contributed by atoms with Crippen LogP contribution < -0.4 is 0 Å². The van der Waals surface area contributed by atoms with E-state index in [9.17, 15) is 14.9 Å². The van der Waals surface area contributed by atoms with Gasteiger partial charge in [-0.2, -0.15) is 0 Å². The van der Waals surface area contributed by atoms with Gasteiger partial charge in [-0.05, 0) is 0 Å². The Morgan fingerprint density at radius 1 is 1.47 bits per heavy atom. The first-order valence-electron chi connectivity index (χ1n) is 5.32. The molecule has 0 unspecified atom stereocenters. The minimum absolute atomic E-state index is 0.00221. The lowest BCUT2D eigenvalue weighted by Gasteiger charge is -2.02. The van der Waals surface area contributed by atoms with E-state index in [0.717, 1.165) is 0 Å². The highest BCUT2D eigenvalue weighted by Crippen LogP contribution is 2.18. The molecule has 0 saturated carbocycles. The van der Waals surface area contributed by atoms with E-state index in [4.69, 9.17) is 0 Å². The Labute approximate surface area is 107 Å². The lowest BCUT2D eigenvalue weighted by atomic mass is 10.2. The number of para-hydroxylation sites is 1. The second kappa shape index (κ2) is 5.25. The van der Waals surface area contributed by atoms with E-state index in [0.29, 0.717) is 5.56 Å². The molecule has 8 nitrogen and oxygen atoms in total. The quantitative estimate of drug-likeness (QED) is 0.463. The summed E-state index contributed by atoms with van der Waals surface area (Å²) >= 11 is 0. The lowest BCUT2D eigenvalue weighted by Crippen LogP contribution is -2.07. The smallest absolute Gasteiger partial charge is 0.377 e. The van der Waals surface area contributed by atoms with Gasteiger partial charge < -0.3 is 4.74 Å². The van der Waals surface area contributed by atoms with Gasteiger partial charge in [0, 0.05) is 6.07 Å². The van der Waals surface area contributed by atoms with Crippen molar-refractivity contribution in [3.05, 3.63) is 52.1 Å². The second-order valence-corrected chi connectivity index (χ2v) is 3.64. The zero-order chi connectivity index (χ0) is 13.8. The first-order chi connectivity index (χ1) is 9.11. The van der Waals surface area contributed by atoms with Gasteiger partial charge in [0.25, 0.3) is 11.5 Å². The van der Waals surface area contributed by atoms with Crippen LogP contribution in [-0.4, -0.2) is 32.8 Å². The average Bonchev–Trinajstić information content (AvgIpc) is 2.86. The maximum Gasteiger partial charge on any atom is 0.377 e. The van der Waals surface area contributed by atoms with Crippen LogP contribution in [0.1, 0.15) is 16.2 Å². The van der Waals surface area contributed by atoms with Crippen molar-refractivity contribution in [1.82, 2.24) is 14.8 Å². The number of rotatable bonds is 4. The highest BCUT2D eigenvalue weighted by atomic mass is 16.6. The van der Waals surface area contributed by atoms with Crippen LogP contribution in [-0.2, 0) is 11.3 Å². The molecule has 1 aromatic heterocycles. The number of nitrogens with zero attached hydrogens (tertiary/aromatic N) is 4. The molecule has 98 valence electrons. The number of aromatic nitrogens is 3. The molecule has 1 heterocycles. The summed E-state index contributed by atoms with van der Waals surface area (Å²) in [5, 5.41) is 14.7. The van der Waals surface area contributed by atoms with Crippen molar-refractivity contribution in [2.24, 2.45) is 0 Å². The topological polar surface area (TPSA) is 100 Å². The van der Waals surface area contributed by atoms with Gasteiger partial charge in [0.05, 0.1) is 24.1 Å². The van der Waals surface area contributed by atoms with E-state index in [1.165, 1.54) is 24.2 Å². The van der Waals surface area contributed by atoms with Crippen LogP contribution in [0.3, 0.4) is 0 Å². The van der Waals surface area contributed by atoms with E-state index in [1.807, 2.05) is 0 Å². The third kappa shape index (κ3) is 2.73. The normalized spacial score (nSPS) is 10.2. The van der Waals surface area contributed by atoms with E-state index in [-0.39, 0.29) is 18.1 Å². The Bertz CT molecular complexity index is 623. The molecule has 0 amide bonds. The monoisotopic (exact) mass is 262 g/mol. The highest BCUT2D eigenvalue weighted by Gasteiger charge is 2.15. The number of esters is 1. The molecule has 0 atom stereocenters. The number of carbonyl (C=O) groups is 1. The minimum atomic E-state index is -0.652. The molecule has 0 bridgehead atoms. The summed E-state index contributed by atoms with van der Waals surface area (Å²) in [6.45, 7) is 0.154. The molecule has 19 heavy (non-hydrogen) atoms. The van der Waals surface area contributed by atoms with E-state index < -0.39 is 10.9 Å². The molecule has 8 heteroatoms. The van der Waals surface area contributed by atoms with Crippen molar-refractivity contribution in [3.63, 3.8) is 0 Å². The first-order valence-corrected chi connectivity index (χ1v) is 5.32. The fourth-order valence-electron chi connectivity index (χ4n) is 1.55. The van der Waals surface area contributed by atoms with Gasteiger partial charge in [-0.1, -0.05) is 18.2 Å². The molecule has 0 aliphatic rings. The van der Waals surface area contributed by atoms with Crippen molar-refractivity contribution >= 4 is 11.7 Å². The van der Waals surface area contributed by atoms with Crippen LogP contribution in [0.25, 0.3) is 0 Å². The van der Waals surface area contributed by atoms with Crippen LogP contribution in [0.2, 0.25) is 0 Å². The van der Waals surface area contributed by atoms with Crippen molar-refractivity contribution in [2.75, 3.05) is 7.11 Å². The van der Waals surface area contributed by atoms with Gasteiger partial charge in [-0.15, -0.1) is 5.10 Å². The molecule has 0 spiro atoms. The van der Waals surface area contributed by atoms with Crippen LogP contribution in [0.5, 0.6) is 0 Å². The number of methoxy groups -OCH3 is 1. The molecule has 1 aromatic carbocycles. The second-order valence-electron chi connectivity index (χ2n) is 3.64. The zero-order valence-electron chi connectivity index (χ0n) is 10.0. The maximum atomic E-state index is 11.2. The van der Waals surface area contributed by atoms with Gasteiger partial charge in [0.2, 0.25) is 0 Å². The molecular formula is C11H10N4O4. The first kappa shape index (κ1) is 12.7. The summed E-state index contributed by atoms with van der Waals surface area (Å²) in [5.41, 5.74) is 0.478. The van der Waals surface area contributed by atoms with Crippen molar-refractivity contribution in [2.45, 2.75) is 6.54 Å². The average molecular weight is 262 g/mol. The van der Waals surface area contributed by atoms with Crippen LogP contribution in [0.4, 0.5) is 5.69 Å². The highest BCUT2D eigenvalue weighted by molar-refractivity contribution is 5.84. The largest absolute Gasteiger partial charge is 0.463 e. The summed E-state index contributed by atoms with van der Waals surface area (Å²) < 4.78 is 5.82. The molecule has 0 radical (unpaired) electrons. The van der Waals surface area contributed by atoms with Crippen LogP contribution in [0, 0.1) is 10.1 Å². The van der Waals surface area contributed by atoms with Gasteiger partial charge in [0.1, 0.15) is 6.33 Å². The van der Waals surface area contributed by atoms with E-state index in [1.54, 1.807) is 18.2 Å². The number of nitro groups is 1. The number of ether oxygens (including phenoxy) is 1. The zero-order valence-corrected chi connectivity index (χ0v) is 10.0. The number of nitro benzene ring substituents is 1. The molecule has 0 fully saturated rings. The molecule has 0 aliphatic heterocycles. The lowest BCUT2D eigenvalue weighted by molar-refractivity contribution is -0.385. The summed E-state index contributed by atoms with van der Waals surface area (Å²) in [5.74, 6) is -0.734. The number of carbonyl (C=O) groups excluding carboxylic acids is 1. The standard InChI is InChI=1S/C11H10N4O4/c1-19-11(16)10-12-7-14(13-10)6-8-4-2-3-5-9(8)15(17)18/h2-5,7H,6H2,1H3. The molecule has 2 aromatic rings. The molecular weight excluding hydrogens is 252 g/mol. The van der Waals surface area contributed by atoms with Crippen LogP contribution >= 0.6 is 0 Å². The summed E-state index contributed by atoms with van der Waals surface area (Å²) in [6, 6.07) is 6.31. The third-order valence-electron chi connectivity index (χ3n) is 2.43. The van der Waals surface area contributed by atoms with E-state index in [2.05, 4.69) is 14.8 Å². The summed E-state index contributed by atoms with van der Waals surface area (Å²) in [7, 11) is 1.23. The molecule has 0 aliphatic carbocycles. The summed E-state index contributed by atoms with van der Waals surface area (Å²) in [6.07, 6.45) is 1.32. The predicted octanol–water partition coefficient (Wildman–Crippen LogP) is 1.02. The maximum absolute atomic E-state index is 11.2.